The van der Waals surface area contributed by atoms with Crippen LogP contribution >= 0.6 is 11.8 Å². The van der Waals surface area contributed by atoms with Crippen LogP contribution in [0.3, 0.4) is 0 Å². The van der Waals surface area contributed by atoms with Gasteiger partial charge in [0.05, 0.1) is 6.10 Å². The van der Waals surface area contributed by atoms with E-state index in [2.05, 4.69) is 11.2 Å². The zero-order valence-corrected chi connectivity index (χ0v) is 10.8. The van der Waals surface area contributed by atoms with Crippen LogP contribution in [0, 0.1) is 0 Å². The van der Waals surface area contributed by atoms with Crippen LogP contribution < -0.4 is 5.73 Å². The van der Waals surface area contributed by atoms with Crippen LogP contribution in [0.5, 0.6) is 0 Å². The molecule has 0 aromatic rings. The molecule has 1 aliphatic rings. The fourth-order valence-corrected chi connectivity index (χ4v) is 2.65. The first-order chi connectivity index (χ1) is 7.31. The molecule has 0 amide bonds. The average Bonchev–Trinajstić information content (AvgIpc) is 2.73. The highest BCUT2D eigenvalue weighted by Crippen LogP contribution is 2.17. The van der Waals surface area contributed by atoms with Crippen molar-refractivity contribution in [3.63, 3.8) is 0 Å². The molecule has 1 aliphatic heterocycles. The third-order valence-electron chi connectivity index (χ3n) is 3.18. The summed E-state index contributed by atoms with van der Waals surface area (Å²) in [7, 11) is 1.80. The molecule has 1 heterocycles. The minimum Gasteiger partial charge on any atom is -0.380 e. The Labute approximate surface area is 97.7 Å². The van der Waals surface area contributed by atoms with E-state index in [0.29, 0.717) is 12.1 Å². The van der Waals surface area contributed by atoms with Gasteiger partial charge in [0.15, 0.2) is 0 Å². The van der Waals surface area contributed by atoms with E-state index in [0.717, 1.165) is 26.1 Å². The van der Waals surface area contributed by atoms with E-state index in [-0.39, 0.29) is 0 Å². The molecule has 0 aromatic carbocycles. The number of hydrogen-bond donors (Lipinski definition) is 1. The van der Waals surface area contributed by atoms with Crippen LogP contribution in [0.25, 0.3) is 0 Å². The van der Waals surface area contributed by atoms with Gasteiger partial charge >= 0.3 is 0 Å². The van der Waals surface area contributed by atoms with Gasteiger partial charge in [-0.15, -0.1) is 0 Å². The summed E-state index contributed by atoms with van der Waals surface area (Å²) in [5.74, 6) is 1.25. The first-order valence-corrected chi connectivity index (χ1v) is 7.17. The third kappa shape index (κ3) is 4.31. The average molecular weight is 232 g/mol. The summed E-state index contributed by atoms with van der Waals surface area (Å²) in [4.78, 5) is 2.49. The number of likely N-dealkylation sites (tertiary alicyclic amines) is 1. The largest absolute Gasteiger partial charge is 0.380 e. The number of methoxy groups -OCH3 is 1. The molecule has 4 heteroatoms. The van der Waals surface area contributed by atoms with E-state index in [9.17, 15) is 0 Å². The summed E-state index contributed by atoms with van der Waals surface area (Å²) in [5.41, 5.74) is 5.83. The van der Waals surface area contributed by atoms with E-state index >= 15 is 0 Å². The second-order valence-electron chi connectivity index (χ2n) is 4.17. The maximum absolute atomic E-state index is 5.83. The molecule has 0 saturated carbocycles. The van der Waals surface area contributed by atoms with E-state index in [4.69, 9.17) is 10.5 Å². The molecule has 90 valence electrons. The van der Waals surface area contributed by atoms with E-state index in [1.54, 1.807) is 7.11 Å². The zero-order valence-electron chi connectivity index (χ0n) is 9.95. The van der Waals surface area contributed by atoms with Gasteiger partial charge in [0.1, 0.15) is 0 Å². The second kappa shape index (κ2) is 7.49. The number of ether oxygens (including phenoxy) is 1. The molecule has 3 nitrogen and oxygen atoms in total. The summed E-state index contributed by atoms with van der Waals surface area (Å²) in [6, 6.07) is 0.567. The topological polar surface area (TPSA) is 38.5 Å². The van der Waals surface area contributed by atoms with Crippen molar-refractivity contribution in [3.05, 3.63) is 0 Å². The highest BCUT2D eigenvalue weighted by atomic mass is 32.2. The predicted molar refractivity (Wildman–Crippen MR) is 67.4 cm³/mol. The van der Waals surface area contributed by atoms with Crippen molar-refractivity contribution in [1.82, 2.24) is 4.90 Å². The molecule has 0 spiro atoms. The Morgan fingerprint density at radius 1 is 1.60 bits per heavy atom. The number of thioether (sulfide) groups is 1. The molecule has 2 unspecified atom stereocenters. The molecule has 2 N–H and O–H groups in total. The molecule has 1 rings (SSSR count). The van der Waals surface area contributed by atoms with Gasteiger partial charge in [0.2, 0.25) is 0 Å². The van der Waals surface area contributed by atoms with Crippen LogP contribution in [-0.4, -0.2) is 55.8 Å². The third-order valence-corrected chi connectivity index (χ3v) is 3.88. The van der Waals surface area contributed by atoms with Gasteiger partial charge in [-0.1, -0.05) is 0 Å². The summed E-state index contributed by atoms with van der Waals surface area (Å²) in [5, 5.41) is 0. The number of hydrogen-bond acceptors (Lipinski definition) is 4. The van der Waals surface area contributed by atoms with Gasteiger partial charge in [0, 0.05) is 32.8 Å². The highest BCUT2D eigenvalue weighted by Gasteiger charge is 2.26. The Hall–Kier alpha value is 0.230. The second-order valence-corrected chi connectivity index (χ2v) is 5.15. The van der Waals surface area contributed by atoms with Gasteiger partial charge in [-0.05, 0) is 31.3 Å². The van der Waals surface area contributed by atoms with E-state index in [1.165, 1.54) is 18.6 Å². The predicted octanol–water partition coefficient (Wildman–Crippen LogP) is 1.18. The van der Waals surface area contributed by atoms with Crippen molar-refractivity contribution >= 4 is 11.8 Å². The quantitative estimate of drug-likeness (QED) is 0.669. The first kappa shape index (κ1) is 13.3. The Bertz CT molecular complexity index is 169. The van der Waals surface area contributed by atoms with Crippen molar-refractivity contribution in [2.45, 2.75) is 31.4 Å². The van der Waals surface area contributed by atoms with Gasteiger partial charge in [0.25, 0.3) is 0 Å². The molecule has 1 fully saturated rings. The van der Waals surface area contributed by atoms with E-state index in [1.807, 2.05) is 11.8 Å². The lowest BCUT2D eigenvalue weighted by atomic mass is 10.1. The normalized spacial score (nSPS) is 24.6. The molecule has 0 aliphatic carbocycles. The summed E-state index contributed by atoms with van der Waals surface area (Å²) in [6.45, 7) is 3.00. The Balaban J connectivity index is 2.25. The Morgan fingerprint density at radius 2 is 2.40 bits per heavy atom. The maximum Gasteiger partial charge on any atom is 0.0710 e. The van der Waals surface area contributed by atoms with Crippen LogP contribution in [0.1, 0.15) is 19.3 Å². The molecule has 0 aromatic heterocycles. The SMILES string of the molecule is COC1CCN(C(CN)CCCSC)C1. The van der Waals surface area contributed by atoms with Gasteiger partial charge in [-0.2, -0.15) is 11.8 Å². The lowest BCUT2D eigenvalue weighted by molar-refractivity contribution is 0.100. The molecular formula is C11H24N2OS. The van der Waals surface area contributed by atoms with Crippen LogP contribution in [0.4, 0.5) is 0 Å². The van der Waals surface area contributed by atoms with Crippen molar-refractivity contribution < 1.29 is 4.74 Å². The monoisotopic (exact) mass is 232 g/mol. The lowest BCUT2D eigenvalue weighted by Crippen LogP contribution is -2.39. The van der Waals surface area contributed by atoms with Gasteiger partial charge < -0.3 is 10.5 Å². The minimum atomic E-state index is 0.430. The van der Waals surface area contributed by atoms with Crippen LogP contribution in [0.2, 0.25) is 0 Å². The van der Waals surface area contributed by atoms with Crippen molar-refractivity contribution in [2.75, 3.05) is 38.8 Å². The van der Waals surface area contributed by atoms with Crippen molar-refractivity contribution in [1.29, 1.82) is 0 Å². The van der Waals surface area contributed by atoms with Gasteiger partial charge in [-0.25, -0.2) is 0 Å². The number of nitrogens with two attached hydrogens (primary N) is 1. The smallest absolute Gasteiger partial charge is 0.0710 e. The highest BCUT2D eigenvalue weighted by molar-refractivity contribution is 7.98. The fraction of sp³-hybridized carbons (Fsp3) is 1.00. The lowest BCUT2D eigenvalue weighted by Gasteiger charge is -2.26. The van der Waals surface area contributed by atoms with Crippen LogP contribution in [-0.2, 0) is 4.74 Å². The van der Waals surface area contributed by atoms with Gasteiger partial charge in [-0.3, -0.25) is 4.90 Å². The van der Waals surface area contributed by atoms with Crippen LogP contribution in [0.15, 0.2) is 0 Å². The summed E-state index contributed by atoms with van der Waals surface area (Å²) in [6.07, 6.45) is 6.26. The van der Waals surface area contributed by atoms with Crippen molar-refractivity contribution in [2.24, 2.45) is 5.73 Å². The molecule has 0 radical (unpaired) electrons. The Kier molecular flexibility index (Phi) is 6.64. The van der Waals surface area contributed by atoms with E-state index < -0.39 is 0 Å². The fourth-order valence-electron chi connectivity index (χ4n) is 2.19. The number of nitrogens with zero attached hydrogens (tertiary/aromatic N) is 1. The summed E-state index contributed by atoms with van der Waals surface area (Å²) < 4.78 is 5.38. The Morgan fingerprint density at radius 3 is 2.93 bits per heavy atom. The molecule has 1 saturated heterocycles. The minimum absolute atomic E-state index is 0.430. The molecular weight excluding hydrogens is 208 g/mol. The summed E-state index contributed by atoms with van der Waals surface area (Å²) >= 11 is 1.92. The standard InChI is InChI=1S/C11H24N2OS/c1-14-11-5-6-13(9-11)10(8-12)4-3-7-15-2/h10-11H,3-9,12H2,1-2H3. The maximum atomic E-state index is 5.83. The molecule has 0 bridgehead atoms. The molecule has 15 heavy (non-hydrogen) atoms. The first-order valence-electron chi connectivity index (χ1n) is 5.77. The number of rotatable bonds is 7. The van der Waals surface area contributed by atoms with Crippen molar-refractivity contribution in [3.8, 4) is 0 Å². The molecule has 2 atom stereocenters. The zero-order chi connectivity index (χ0) is 11.1.